The number of ether oxygens (including phenoxy) is 1. The van der Waals surface area contributed by atoms with E-state index in [0.717, 1.165) is 11.9 Å². The number of benzene rings is 1. The first-order valence-corrected chi connectivity index (χ1v) is 5.07. The molecule has 0 bridgehead atoms. The predicted molar refractivity (Wildman–Crippen MR) is 62.3 cm³/mol. The topological polar surface area (TPSA) is 98.1 Å². The molecule has 1 N–H and O–H groups in total. The number of rotatable bonds is 4. The summed E-state index contributed by atoms with van der Waals surface area (Å²) in [6.07, 6.45) is 1.07. The smallest absolute Gasteiger partial charge is 0.395 e. The molecule has 1 aromatic heterocycles. The number of H-pyrrole nitrogens is 1. The lowest BCUT2D eigenvalue weighted by atomic mass is 10.2. The Morgan fingerprint density at radius 3 is 2.72 bits per heavy atom. The molecule has 7 nitrogen and oxygen atoms in total. The highest BCUT2D eigenvalue weighted by Crippen LogP contribution is 2.18. The van der Waals surface area contributed by atoms with Gasteiger partial charge >= 0.3 is 17.1 Å². The largest absolute Gasteiger partial charge is 0.468 e. The summed E-state index contributed by atoms with van der Waals surface area (Å²) >= 11 is 0. The third kappa shape index (κ3) is 2.51. The quantitative estimate of drug-likeness (QED) is 0.647. The number of nitrogens with one attached hydrogen (secondary N) is 1. The predicted octanol–water partition coefficient (Wildman–Crippen LogP) is 1.26. The molecule has 0 aliphatic carbocycles. The van der Waals surface area contributed by atoms with Crippen LogP contribution in [0.15, 0.2) is 41.5 Å². The SMILES string of the molecule is O=c1[nH]cnc(OCc2ccccc2)c1[N+](=O)[O-]. The Hall–Kier alpha value is -2.70. The van der Waals surface area contributed by atoms with Gasteiger partial charge in [-0.15, -0.1) is 0 Å². The van der Waals surface area contributed by atoms with Gasteiger partial charge in [0.05, 0.1) is 11.3 Å². The summed E-state index contributed by atoms with van der Waals surface area (Å²) in [7, 11) is 0. The fourth-order valence-corrected chi connectivity index (χ4v) is 1.37. The van der Waals surface area contributed by atoms with E-state index in [2.05, 4.69) is 9.97 Å². The van der Waals surface area contributed by atoms with Gasteiger partial charge in [0.1, 0.15) is 6.61 Å². The lowest BCUT2D eigenvalue weighted by Crippen LogP contribution is -2.14. The Labute approximate surface area is 101 Å². The zero-order valence-corrected chi connectivity index (χ0v) is 9.20. The van der Waals surface area contributed by atoms with Crippen LogP contribution in [0.3, 0.4) is 0 Å². The van der Waals surface area contributed by atoms with Crippen LogP contribution in [0.4, 0.5) is 5.69 Å². The van der Waals surface area contributed by atoms with Gasteiger partial charge in [-0.25, -0.2) is 0 Å². The van der Waals surface area contributed by atoms with Gasteiger partial charge in [-0.05, 0) is 5.56 Å². The normalized spacial score (nSPS) is 10.0. The molecule has 18 heavy (non-hydrogen) atoms. The van der Waals surface area contributed by atoms with E-state index in [1.165, 1.54) is 0 Å². The van der Waals surface area contributed by atoms with Gasteiger partial charge in [-0.1, -0.05) is 30.3 Å². The van der Waals surface area contributed by atoms with Gasteiger partial charge in [0, 0.05) is 0 Å². The second-order valence-electron chi connectivity index (χ2n) is 3.42. The molecule has 2 rings (SSSR count). The van der Waals surface area contributed by atoms with Crippen LogP contribution in [0, 0.1) is 10.1 Å². The zero-order valence-electron chi connectivity index (χ0n) is 9.20. The van der Waals surface area contributed by atoms with E-state index in [9.17, 15) is 14.9 Å². The molecule has 0 amide bonds. The van der Waals surface area contributed by atoms with Crippen LogP contribution < -0.4 is 10.3 Å². The van der Waals surface area contributed by atoms with Crippen molar-refractivity contribution < 1.29 is 9.66 Å². The van der Waals surface area contributed by atoms with Gasteiger partial charge in [-0.2, -0.15) is 4.98 Å². The lowest BCUT2D eigenvalue weighted by Gasteiger charge is -2.04. The summed E-state index contributed by atoms with van der Waals surface area (Å²) < 4.78 is 5.19. The highest BCUT2D eigenvalue weighted by molar-refractivity contribution is 5.37. The Morgan fingerprint density at radius 2 is 2.06 bits per heavy atom. The third-order valence-corrected chi connectivity index (χ3v) is 2.20. The Balaban J connectivity index is 2.22. The average molecular weight is 247 g/mol. The van der Waals surface area contributed by atoms with Crippen molar-refractivity contribution in [2.75, 3.05) is 0 Å². The van der Waals surface area contributed by atoms with Gasteiger partial charge in [0.2, 0.25) is 0 Å². The summed E-state index contributed by atoms with van der Waals surface area (Å²) in [6.45, 7) is 0.109. The average Bonchev–Trinajstić information content (AvgIpc) is 2.37. The number of aromatic nitrogens is 2. The van der Waals surface area contributed by atoms with Crippen LogP contribution in [0.2, 0.25) is 0 Å². The zero-order chi connectivity index (χ0) is 13.0. The Kier molecular flexibility index (Phi) is 3.33. The van der Waals surface area contributed by atoms with Crippen molar-refractivity contribution in [1.82, 2.24) is 9.97 Å². The maximum atomic E-state index is 11.3. The van der Waals surface area contributed by atoms with Crippen LogP contribution in [0.25, 0.3) is 0 Å². The van der Waals surface area contributed by atoms with Gasteiger partial charge in [0.25, 0.3) is 0 Å². The van der Waals surface area contributed by atoms with Gasteiger partial charge < -0.3 is 9.72 Å². The van der Waals surface area contributed by atoms with Crippen molar-refractivity contribution in [1.29, 1.82) is 0 Å². The second kappa shape index (κ2) is 5.09. The monoisotopic (exact) mass is 247 g/mol. The molecule has 7 heteroatoms. The molecule has 0 radical (unpaired) electrons. The Morgan fingerprint density at radius 1 is 1.33 bits per heavy atom. The molecule has 0 unspecified atom stereocenters. The fraction of sp³-hybridized carbons (Fsp3) is 0.0909. The second-order valence-corrected chi connectivity index (χ2v) is 3.42. The summed E-state index contributed by atoms with van der Waals surface area (Å²) in [6, 6.07) is 9.09. The molecule has 0 fully saturated rings. The van der Waals surface area contributed by atoms with E-state index in [-0.39, 0.29) is 12.5 Å². The van der Waals surface area contributed by atoms with E-state index in [1.807, 2.05) is 18.2 Å². The molecular weight excluding hydrogens is 238 g/mol. The fourth-order valence-electron chi connectivity index (χ4n) is 1.37. The standard InChI is InChI=1S/C11H9N3O4/c15-10-9(14(16)17)11(13-7-12-10)18-6-8-4-2-1-3-5-8/h1-5,7H,6H2,(H,12,13,15). The summed E-state index contributed by atoms with van der Waals surface area (Å²) in [4.78, 5) is 27.0. The van der Waals surface area contributed by atoms with Crippen LogP contribution in [-0.2, 0) is 6.61 Å². The molecule has 1 aromatic carbocycles. The first kappa shape index (κ1) is 11.8. The van der Waals surface area contributed by atoms with Crippen LogP contribution in [0.5, 0.6) is 5.88 Å². The number of hydrogen-bond donors (Lipinski definition) is 1. The number of nitro groups is 1. The van der Waals surface area contributed by atoms with Crippen molar-refractivity contribution >= 4 is 5.69 Å². The van der Waals surface area contributed by atoms with Crippen LogP contribution in [0.1, 0.15) is 5.56 Å². The maximum Gasteiger partial charge on any atom is 0.395 e. The molecule has 0 aliphatic rings. The Bertz CT molecular complexity index is 609. The van der Waals surface area contributed by atoms with Crippen LogP contribution in [-0.4, -0.2) is 14.9 Å². The summed E-state index contributed by atoms with van der Waals surface area (Å²) in [5.74, 6) is -0.285. The van der Waals surface area contributed by atoms with Crippen LogP contribution >= 0.6 is 0 Å². The molecule has 0 saturated heterocycles. The number of hydrogen-bond acceptors (Lipinski definition) is 5. The van der Waals surface area contributed by atoms with Gasteiger partial charge in [-0.3, -0.25) is 14.9 Å². The van der Waals surface area contributed by atoms with Crippen molar-refractivity contribution in [2.24, 2.45) is 0 Å². The van der Waals surface area contributed by atoms with Gasteiger partial charge in [0.15, 0.2) is 0 Å². The molecule has 0 saturated carbocycles. The molecular formula is C11H9N3O4. The van der Waals surface area contributed by atoms with E-state index in [1.54, 1.807) is 12.1 Å². The van der Waals surface area contributed by atoms with Crippen molar-refractivity contribution in [3.05, 3.63) is 62.7 Å². The maximum absolute atomic E-state index is 11.3. The first-order chi connectivity index (χ1) is 8.68. The van der Waals surface area contributed by atoms with E-state index >= 15 is 0 Å². The minimum Gasteiger partial charge on any atom is -0.468 e. The third-order valence-electron chi connectivity index (χ3n) is 2.20. The molecule has 0 aliphatic heterocycles. The van der Waals surface area contributed by atoms with E-state index in [4.69, 9.17) is 4.74 Å². The first-order valence-electron chi connectivity index (χ1n) is 5.07. The van der Waals surface area contributed by atoms with Crippen molar-refractivity contribution in [2.45, 2.75) is 6.61 Å². The van der Waals surface area contributed by atoms with E-state index in [0.29, 0.717) is 0 Å². The minimum atomic E-state index is -0.835. The van der Waals surface area contributed by atoms with Crippen molar-refractivity contribution in [3.63, 3.8) is 0 Å². The van der Waals surface area contributed by atoms with Crippen molar-refractivity contribution in [3.8, 4) is 5.88 Å². The summed E-state index contributed by atoms with van der Waals surface area (Å²) in [5.41, 5.74) is -0.694. The highest BCUT2D eigenvalue weighted by atomic mass is 16.6. The van der Waals surface area contributed by atoms with E-state index < -0.39 is 16.2 Å². The molecule has 92 valence electrons. The number of aromatic amines is 1. The molecule has 0 atom stereocenters. The highest BCUT2D eigenvalue weighted by Gasteiger charge is 2.21. The molecule has 2 aromatic rings. The lowest BCUT2D eigenvalue weighted by molar-refractivity contribution is -0.387. The summed E-state index contributed by atoms with van der Waals surface area (Å²) in [5, 5.41) is 10.7. The molecule has 0 spiro atoms. The number of nitrogens with zero attached hydrogens (tertiary/aromatic N) is 2. The molecule has 1 heterocycles. The minimum absolute atomic E-state index is 0.109.